The highest BCUT2D eigenvalue weighted by Gasteiger charge is 2.20. The second kappa shape index (κ2) is 3.30. The molecule has 0 aliphatic carbocycles. The first kappa shape index (κ1) is 9.85. The van der Waals surface area contributed by atoms with E-state index in [0.29, 0.717) is 0 Å². The second-order valence-electron chi connectivity index (χ2n) is 3.30. The van der Waals surface area contributed by atoms with Crippen molar-refractivity contribution >= 4 is 0 Å². The number of rotatable bonds is 2. The lowest BCUT2D eigenvalue weighted by atomic mass is 10.2. The molecular formula is C7H15FO2. The molecule has 0 rings (SSSR count). The van der Waals surface area contributed by atoms with E-state index in [1.807, 2.05) is 0 Å². The van der Waals surface area contributed by atoms with Gasteiger partial charge in [-0.2, -0.15) is 0 Å². The van der Waals surface area contributed by atoms with Gasteiger partial charge in [0.1, 0.15) is 6.17 Å². The highest BCUT2D eigenvalue weighted by atomic mass is 19.1. The quantitative estimate of drug-likeness (QED) is 0.604. The molecule has 0 bridgehead atoms. The maximum absolute atomic E-state index is 12.3. The van der Waals surface area contributed by atoms with Crippen LogP contribution in [0, 0.1) is 0 Å². The Morgan fingerprint density at radius 1 is 1.40 bits per heavy atom. The molecule has 1 unspecified atom stereocenters. The van der Waals surface area contributed by atoms with Crippen LogP contribution in [-0.4, -0.2) is 23.2 Å². The molecule has 0 aliphatic heterocycles. The molecule has 0 aromatic rings. The van der Waals surface area contributed by atoms with Crippen LogP contribution in [0.3, 0.4) is 0 Å². The summed E-state index contributed by atoms with van der Waals surface area (Å²) in [6, 6.07) is 0. The molecule has 0 heterocycles. The van der Waals surface area contributed by atoms with Crippen molar-refractivity contribution in [3.05, 3.63) is 0 Å². The van der Waals surface area contributed by atoms with Crippen molar-refractivity contribution in [1.29, 1.82) is 0 Å². The third kappa shape index (κ3) is 4.70. The van der Waals surface area contributed by atoms with E-state index >= 15 is 0 Å². The van der Waals surface area contributed by atoms with E-state index in [-0.39, 0.29) is 0 Å². The van der Waals surface area contributed by atoms with Crippen molar-refractivity contribution in [2.24, 2.45) is 0 Å². The van der Waals surface area contributed by atoms with Gasteiger partial charge in [0.05, 0.1) is 5.60 Å². The predicted octanol–water partition coefficient (Wildman–Crippen LogP) is 1.48. The van der Waals surface area contributed by atoms with Gasteiger partial charge in [-0.3, -0.25) is 0 Å². The minimum Gasteiger partial charge on any atom is -0.366 e. The molecule has 0 saturated heterocycles. The van der Waals surface area contributed by atoms with Crippen LogP contribution in [0.15, 0.2) is 0 Å². The van der Waals surface area contributed by atoms with E-state index in [9.17, 15) is 4.39 Å². The Kier molecular flexibility index (Phi) is 3.25. The Balaban J connectivity index is 3.68. The molecule has 0 aromatic carbocycles. The standard InChI is InChI=1S/C7H15FO2/c1-5(8)6(9)10-7(2,3)4/h5-6,9H,1-4H3/t5?,6-/m1/s1. The smallest absolute Gasteiger partial charge is 0.186 e. The minimum absolute atomic E-state index is 0.486. The zero-order chi connectivity index (χ0) is 8.36. The third-order valence-corrected chi connectivity index (χ3v) is 0.867. The lowest BCUT2D eigenvalue weighted by molar-refractivity contribution is -0.191. The van der Waals surface area contributed by atoms with Crippen LogP contribution in [0.2, 0.25) is 0 Å². The van der Waals surface area contributed by atoms with Gasteiger partial charge < -0.3 is 9.84 Å². The molecule has 3 heteroatoms. The van der Waals surface area contributed by atoms with Crippen LogP contribution in [-0.2, 0) is 4.74 Å². The summed E-state index contributed by atoms with van der Waals surface area (Å²) in [7, 11) is 0. The van der Waals surface area contributed by atoms with Crippen LogP contribution in [0.25, 0.3) is 0 Å². The average Bonchev–Trinajstić information content (AvgIpc) is 1.60. The number of aliphatic hydroxyl groups excluding tert-OH is 1. The topological polar surface area (TPSA) is 29.5 Å². The summed E-state index contributed by atoms with van der Waals surface area (Å²) >= 11 is 0. The molecule has 0 fully saturated rings. The minimum atomic E-state index is -1.33. The SMILES string of the molecule is CC(F)[C@H](O)OC(C)(C)C. The van der Waals surface area contributed by atoms with Gasteiger partial charge >= 0.3 is 0 Å². The average molecular weight is 150 g/mol. The van der Waals surface area contributed by atoms with Gasteiger partial charge in [0.2, 0.25) is 0 Å². The number of hydrogen-bond donors (Lipinski definition) is 1. The van der Waals surface area contributed by atoms with Crippen molar-refractivity contribution < 1.29 is 14.2 Å². The van der Waals surface area contributed by atoms with Crippen LogP contribution in [0.5, 0.6) is 0 Å². The van der Waals surface area contributed by atoms with Gasteiger partial charge in [-0.1, -0.05) is 0 Å². The molecular weight excluding hydrogens is 135 g/mol. The van der Waals surface area contributed by atoms with Gasteiger partial charge in [0, 0.05) is 0 Å². The van der Waals surface area contributed by atoms with E-state index in [0.717, 1.165) is 0 Å². The fraction of sp³-hybridized carbons (Fsp3) is 1.00. The number of ether oxygens (including phenoxy) is 1. The van der Waals surface area contributed by atoms with Gasteiger partial charge in [0.25, 0.3) is 0 Å². The summed E-state index contributed by atoms with van der Waals surface area (Å²) in [6.45, 7) is 6.55. The summed E-state index contributed by atoms with van der Waals surface area (Å²) in [5, 5.41) is 8.86. The molecule has 10 heavy (non-hydrogen) atoms. The summed E-state index contributed by atoms with van der Waals surface area (Å²) in [5.41, 5.74) is -0.486. The largest absolute Gasteiger partial charge is 0.366 e. The second-order valence-corrected chi connectivity index (χ2v) is 3.30. The zero-order valence-corrected chi connectivity index (χ0v) is 6.89. The first-order valence-electron chi connectivity index (χ1n) is 3.33. The Bertz CT molecular complexity index is 96.3. The van der Waals surface area contributed by atoms with E-state index in [1.54, 1.807) is 20.8 Å². The molecule has 62 valence electrons. The van der Waals surface area contributed by atoms with Crippen molar-refractivity contribution in [3.8, 4) is 0 Å². The van der Waals surface area contributed by atoms with Gasteiger partial charge in [-0.25, -0.2) is 4.39 Å². The lowest BCUT2D eigenvalue weighted by Gasteiger charge is -2.24. The van der Waals surface area contributed by atoms with Gasteiger partial charge in [0.15, 0.2) is 6.29 Å². The van der Waals surface area contributed by atoms with Gasteiger partial charge in [-0.05, 0) is 27.7 Å². The zero-order valence-electron chi connectivity index (χ0n) is 6.89. The fourth-order valence-corrected chi connectivity index (χ4v) is 0.456. The maximum atomic E-state index is 12.3. The Hall–Kier alpha value is -0.150. The molecule has 0 spiro atoms. The third-order valence-electron chi connectivity index (χ3n) is 0.867. The van der Waals surface area contributed by atoms with Gasteiger partial charge in [-0.15, -0.1) is 0 Å². The summed E-state index contributed by atoms with van der Waals surface area (Å²) < 4.78 is 17.1. The van der Waals surface area contributed by atoms with Crippen LogP contribution in [0.1, 0.15) is 27.7 Å². The first-order valence-corrected chi connectivity index (χ1v) is 3.33. The highest BCUT2D eigenvalue weighted by Crippen LogP contribution is 2.12. The Labute approximate surface area is 61.0 Å². The molecule has 0 amide bonds. The predicted molar refractivity (Wildman–Crippen MR) is 37.4 cm³/mol. The first-order chi connectivity index (χ1) is 4.33. The highest BCUT2D eigenvalue weighted by molar-refractivity contribution is 4.62. The molecule has 2 atom stereocenters. The number of hydrogen-bond acceptors (Lipinski definition) is 2. The Morgan fingerprint density at radius 3 is 1.90 bits per heavy atom. The molecule has 0 aromatic heterocycles. The summed E-state index contributed by atoms with van der Waals surface area (Å²) in [5.74, 6) is 0. The van der Waals surface area contributed by atoms with Crippen LogP contribution < -0.4 is 0 Å². The monoisotopic (exact) mass is 150 g/mol. The van der Waals surface area contributed by atoms with Crippen LogP contribution >= 0.6 is 0 Å². The normalized spacial score (nSPS) is 18.6. The van der Waals surface area contributed by atoms with E-state index in [1.165, 1.54) is 6.92 Å². The maximum Gasteiger partial charge on any atom is 0.186 e. The van der Waals surface area contributed by atoms with Crippen molar-refractivity contribution in [2.45, 2.75) is 45.8 Å². The van der Waals surface area contributed by atoms with E-state index in [4.69, 9.17) is 9.84 Å². The van der Waals surface area contributed by atoms with E-state index < -0.39 is 18.1 Å². The van der Waals surface area contributed by atoms with Crippen LogP contribution in [0.4, 0.5) is 4.39 Å². The summed E-state index contributed by atoms with van der Waals surface area (Å²) in [4.78, 5) is 0. The molecule has 1 N–H and O–H groups in total. The fourth-order valence-electron chi connectivity index (χ4n) is 0.456. The summed E-state index contributed by atoms with van der Waals surface area (Å²) in [6.07, 6.45) is -2.64. The number of halogens is 1. The number of alkyl halides is 1. The van der Waals surface area contributed by atoms with E-state index in [2.05, 4.69) is 0 Å². The molecule has 2 nitrogen and oxygen atoms in total. The number of aliphatic hydroxyl groups is 1. The molecule has 0 radical (unpaired) electrons. The molecule has 0 saturated carbocycles. The van der Waals surface area contributed by atoms with Crippen molar-refractivity contribution in [1.82, 2.24) is 0 Å². The van der Waals surface area contributed by atoms with Crippen molar-refractivity contribution in [2.75, 3.05) is 0 Å². The lowest BCUT2D eigenvalue weighted by Crippen LogP contribution is -2.32. The Morgan fingerprint density at radius 2 is 1.80 bits per heavy atom. The molecule has 0 aliphatic rings. The van der Waals surface area contributed by atoms with Crippen molar-refractivity contribution in [3.63, 3.8) is 0 Å².